The fourth-order valence-corrected chi connectivity index (χ4v) is 4.29. The van der Waals surface area contributed by atoms with E-state index in [0.29, 0.717) is 10.4 Å². The van der Waals surface area contributed by atoms with E-state index in [1.165, 1.54) is 0 Å². The molecule has 0 radical (unpaired) electrons. The predicted molar refractivity (Wildman–Crippen MR) is 92.1 cm³/mol. The van der Waals surface area contributed by atoms with E-state index in [1.807, 2.05) is 19.1 Å². The number of thiophene rings is 2. The number of carbonyl (C=O) groups is 1. The fraction of sp³-hybridized carbons (Fsp3) is 0.133. The molecule has 0 amide bonds. The van der Waals surface area contributed by atoms with E-state index in [1.54, 1.807) is 24.3 Å². The number of nitrogens with zero attached hydrogens (tertiary/aromatic N) is 1. The first kappa shape index (κ1) is 15.9. The highest BCUT2D eigenvalue weighted by Crippen LogP contribution is 2.29. The molecule has 3 aromatic heterocycles. The summed E-state index contributed by atoms with van der Waals surface area (Å²) in [6.45, 7) is 3.55. The molecule has 118 valence electrons. The second-order valence-electron chi connectivity index (χ2n) is 4.88. The molecule has 0 spiro atoms. The Balaban J connectivity index is 2.14. The van der Waals surface area contributed by atoms with Gasteiger partial charge >= 0.3 is 0 Å². The number of carboxylic acids is 1. The number of hydrogen-bond acceptors (Lipinski definition) is 6. The molecule has 0 aliphatic carbocycles. The first-order valence-electron chi connectivity index (χ1n) is 6.55. The van der Waals surface area contributed by atoms with Gasteiger partial charge in [-0.05, 0) is 37.6 Å². The van der Waals surface area contributed by atoms with Crippen LogP contribution >= 0.6 is 34.3 Å². The topological polar surface area (TPSA) is 85.9 Å². The lowest BCUT2D eigenvalue weighted by Gasteiger charge is -1.99. The number of H-pyrrole nitrogens is 1. The monoisotopic (exact) mass is 365 g/mol. The molecule has 0 saturated carbocycles. The third-order valence-corrected chi connectivity index (χ3v) is 5.64. The van der Waals surface area contributed by atoms with Crippen molar-refractivity contribution < 1.29 is 9.90 Å². The molecular weight excluding hydrogens is 356 g/mol. The van der Waals surface area contributed by atoms with E-state index < -0.39 is 11.5 Å². The molecule has 3 heterocycles. The van der Waals surface area contributed by atoms with Crippen LogP contribution in [-0.4, -0.2) is 15.9 Å². The van der Waals surface area contributed by atoms with E-state index in [-0.39, 0.29) is 21.1 Å². The maximum absolute atomic E-state index is 12.2. The smallest absolute Gasteiger partial charge is 0.260 e. The minimum Gasteiger partial charge on any atom is -0.544 e. The average Bonchev–Trinajstić information content (AvgIpc) is 3.02. The Morgan fingerprint density at radius 1 is 1.35 bits per heavy atom. The van der Waals surface area contributed by atoms with Gasteiger partial charge in [-0.25, -0.2) is 4.98 Å². The van der Waals surface area contributed by atoms with Crippen molar-refractivity contribution in [1.82, 2.24) is 9.97 Å². The van der Waals surface area contributed by atoms with Crippen molar-refractivity contribution in [3.8, 4) is 0 Å². The van der Waals surface area contributed by atoms with Crippen LogP contribution in [0.15, 0.2) is 16.9 Å². The molecule has 1 N–H and O–H groups in total. The number of fused-ring (bicyclic) bond motifs is 1. The minimum absolute atomic E-state index is 0.00383. The summed E-state index contributed by atoms with van der Waals surface area (Å²) in [5, 5.41) is 11.6. The highest BCUT2D eigenvalue weighted by atomic mass is 35.5. The molecule has 5 nitrogen and oxygen atoms in total. The van der Waals surface area contributed by atoms with Gasteiger partial charge in [-0.15, -0.1) is 22.7 Å². The van der Waals surface area contributed by atoms with Crippen molar-refractivity contribution >= 4 is 61.6 Å². The van der Waals surface area contributed by atoms with Crippen LogP contribution < -0.4 is 10.7 Å². The molecule has 0 atom stereocenters. The molecule has 0 aromatic carbocycles. The van der Waals surface area contributed by atoms with Crippen molar-refractivity contribution in [2.45, 2.75) is 13.8 Å². The normalized spacial score (nSPS) is 12.0. The van der Waals surface area contributed by atoms with Gasteiger partial charge in [-0.3, -0.25) is 4.79 Å². The van der Waals surface area contributed by atoms with Gasteiger partial charge in [0.15, 0.2) is 5.82 Å². The van der Waals surface area contributed by atoms with Crippen LogP contribution in [0.5, 0.6) is 0 Å². The molecule has 0 unspecified atom stereocenters. The third-order valence-electron chi connectivity index (χ3n) is 3.24. The number of aromatic nitrogens is 2. The Morgan fingerprint density at radius 2 is 2.09 bits per heavy atom. The van der Waals surface area contributed by atoms with Crippen molar-refractivity contribution in [3.05, 3.63) is 48.5 Å². The van der Waals surface area contributed by atoms with Crippen LogP contribution in [-0.2, 0) is 0 Å². The Kier molecular flexibility index (Phi) is 4.09. The predicted octanol–water partition coefficient (Wildman–Crippen LogP) is 2.76. The lowest BCUT2D eigenvalue weighted by molar-refractivity contribution is -0.254. The largest absolute Gasteiger partial charge is 0.544 e. The number of halogens is 1. The average molecular weight is 366 g/mol. The van der Waals surface area contributed by atoms with Crippen LogP contribution in [0, 0.1) is 13.8 Å². The number of carboxylic acid groups (broad SMARTS) is 1. The van der Waals surface area contributed by atoms with Gasteiger partial charge in [-0.1, -0.05) is 11.6 Å². The number of aryl methyl sites for hydroxylation is 2. The Hall–Kier alpha value is -1.96. The highest BCUT2D eigenvalue weighted by Gasteiger charge is 2.15. The Bertz CT molecular complexity index is 1010. The summed E-state index contributed by atoms with van der Waals surface area (Å²) >= 11 is 8.72. The molecule has 0 aliphatic rings. The maximum atomic E-state index is 12.2. The molecule has 3 rings (SSSR count). The van der Waals surface area contributed by atoms with Crippen molar-refractivity contribution in [1.29, 1.82) is 0 Å². The van der Waals surface area contributed by atoms with Crippen LogP contribution in [0.25, 0.3) is 21.3 Å². The summed E-state index contributed by atoms with van der Waals surface area (Å²) in [5.74, 6) is -1.11. The van der Waals surface area contributed by atoms with E-state index >= 15 is 0 Å². The number of hydrogen-bond donors (Lipinski definition) is 1. The molecule has 8 heteroatoms. The molecule has 0 bridgehead atoms. The molecule has 0 fully saturated rings. The molecule has 23 heavy (non-hydrogen) atoms. The maximum Gasteiger partial charge on any atom is 0.260 e. The second-order valence-corrected chi connectivity index (χ2v) is 7.60. The quantitative estimate of drug-likeness (QED) is 0.773. The summed E-state index contributed by atoms with van der Waals surface area (Å²) in [6.07, 6.45) is 1.71. The van der Waals surface area contributed by atoms with Crippen molar-refractivity contribution in [2.24, 2.45) is 0 Å². The van der Waals surface area contributed by atoms with Crippen LogP contribution in [0.3, 0.4) is 0 Å². The van der Waals surface area contributed by atoms with Gasteiger partial charge in [-0.2, -0.15) is 0 Å². The van der Waals surface area contributed by atoms with E-state index in [9.17, 15) is 14.7 Å². The van der Waals surface area contributed by atoms with E-state index in [4.69, 9.17) is 11.6 Å². The number of aromatic amines is 1. The summed E-state index contributed by atoms with van der Waals surface area (Å²) in [6, 6.07) is 3.89. The van der Waals surface area contributed by atoms with Gasteiger partial charge in [0.1, 0.15) is 4.83 Å². The van der Waals surface area contributed by atoms with Gasteiger partial charge in [0.05, 0.1) is 21.3 Å². The number of nitrogens with one attached hydrogen (secondary N) is 1. The van der Waals surface area contributed by atoms with Crippen LogP contribution in [0.2, 0.25) is 0 Å². The summed E-state index contributed by atoms with van der Waals surface area (Å²) < 4.78 is 0. The van der Waals surface area contributed by atoms with Crippen LogP contribution in [0.4, 0.5) is 0 Å². The Labute approximate surface area is 143 Å². The number of carbonyl (C=O) groups excluding carboxylic acids is 1. The fourth-order valence-electron chi connectivity index (χ4n) is 2.18. The molecular formula is C15H10ClN2O3S2-. The number of aromatic carboxylic acids is 1. The molecule has 3 aromatic rings. The first-order chi connectivity index (χ1) is 10.9. The standard InChI is InChI=1S/C15H11ClN2O3S2/c1-6-3-4-8(22-6)5-9(16)12-17-13(19)10-7(2)11(15(20)21)23-14(10)18-12/h3-5H,1-2H3,(H,20,21)(H,17,18,19)/p-1/b9-5-. The van der Waals surface area contributed by atoms with Gasteiger partial charge in [0, 0.05) is 9.75 Å². The van der Waals surface area contributed by atoms with Gasteiger partial charge in [0.2, 0.25) is 0 Å². The van der Waals surface area contributed by atoms with E-state index in [0.717, 1.165) is 21.1 Å². The zero-order valence-corrected chi connectivity index (χ0v) is 14.5. The van der Waals surface area contributed by atoms with Crippen LogP contribution in [0.1, 0.15) is 30.8 Å². The Morgan fingerprint density at radius 3 is 2.70 bits per heavy atom. The highest BCUT2D eigenvalue weighted by molar-refractivity contribution is 7.20. The van der Waals surface area contributed by atoms with Crippen molar-refractivity contribution in [3.63, 3.8) is 0 Å². The number of rotatable bonds is 3. The van der Waals surface area contributed by atoms with Gasteiger partial charge < -0.3 is 14.9 Å². The zero-order chi connectivity index (χ0) is 16.7. The second kappa shape index (κ2) is 5.92. The van der Waals surface area contributed by atoms with Gasteiger partial charge in [0.25, 0.3) is 5.56 Å². The summed E-state index contributed by atoms with van der Waals surface area (Å²) in [5.41, 5.74) is -0.0561. The molecule has 0 aliphatic heterocycles. The summed E-state index contributed by atoms with van der Waals surface area (Å²) in [4.78, 5) is 32.6. The summed E-state index contributed by atoms with van der Waals surface area (Å²) in [7, 11) is 0. The lowest BCUT2D eigenvalue weighted by atomic mass is 10.2. The zero-order valence-electron chi connectivity index (χ0n) is 12.1. The van der Waals surface area contributed by atoms with E-state index in [2.05, 4.69) is 9.97 Å². The van der Waals surface area contributed by atoms with Crippen molar-refractivity contribution in [2.75, 3.05) is 0 Å². The SMILES string of the molecule is Cc1ccc(/C=C(\Cl)c2nc3sc(C(=O)[O-])c(C)c3c(=O)[nH]2)s1. The first-order valence-corrected chi connectivity index (χ1v) is 8.56. The third kappa shape index (κ3) is 2.95. The molecule has 0 saturated heterocycles. The minimum atomic E-state index is -1.32. The lowest BCUT2D eigenvalue weighted by Crippen LogP contribution is -2.21.